The number of pyridine rings is 2. The van der Waals surface area contributed by atoms with Gasteiger partial charge in [-0.3, -0.25) is 29.3 Å². The van der Waals surface area contributed by atoms with E-state index in [9.17, 15) is 38.0 Å². The van der Waals surface area contributed by atoms with E-state index in [1.807, 2.05) is 37.3 Å². The monoisotopic (exact) mass is 926 g/mol. The van der Waals surface area contributed by atoms with E-state index in [2.05, 4.69) is 37.7 Å². The summed E-state index contributed by atoms with van der Waals surface area (Å²) >= 11 is 0. The zero-order valence-electron chi connectivity index (χ0n) is 38.0. The second kappa shape index (κ2) is 19.2. The Morgan fingerprint density at radius 2 is 1.78 bits per heavy atom. The van der Waals surface area contributed by atoms with Gasteiger partial charge in [0.15, 0.2) is 0 Å². The number of nitrogens with one attached hydrogen (secondary N) is 2. The number of amides is 5. The van der Waals surface area contributed by atoms with E-state index in [0.717, 1.165) is 66.4 Å². The molecule has 18 heteroatoms. The maximum absolute atomic E-state index is 14.9. The molecule has 5 amide bonds. The number of benzene rings is 2. The fraction of sp³-hybridized carbons (Fsp3) is 0.400. The van der Waals surface area contributed by atoms with Crippen LogP contribution in [0.2, 0.25) is 0 Å². The average Bonchev–Trinajstić information content (AvgIpc) is 3.91. The van der Waals surface area contributed by atoms with Crippen molar-refractivity contribution in [2.24, 2.45) is 0 Å². The molecule has 0 saturated carbocycles. The normalized spacial score (nSPS) is 18.6. The van der Waals surface area contributed by atoms with Crippen molar-refractivity contribution < 1.29 is 37.5 Å². The van der Waals surface area contributed by atoms with Gasteiger partial charge >= 0.3 is 0 Å². The summed E-state index contributed by atoms with van der Waals surface area (Å²) in [5, 5.41) is 19.5. The number of carbonyl (C=O) groups is 5. The molecule has 1 atom stereocenters. The number of imide groups is 1. The number of anilines is 1. The molecule has 0 bridgehead atoms. The molecular weight excluding hydrogens is 875 g/mol. The molecule has 4 aliphatic heterocycles. The number of likely N-dealkylation sites (tertiary alicyclic amines) is 1. The maximum Gasteiger partial charge on any atom is 0.255 e. The minimum Gasteiger partial charge on any atom is -0.492 e. The van der Waals surface area contributed by atoms with Gasteiger partial charge in [-0.25, -0.2) is 18.3 Å². The number of fused-ring (bicyclic) bond motifs is 2. The summed E-state index contributed by atoms with van der Waals surface area (Å²) in [6.45, 7) is 5.80. The highest BCUT2D eigenvalue weighted by Crippen LogP contribution is 2.35. The Bertz CT molecular complexity index is 2830. The third-order valence-electron chi connectivity index (χ3n) is 13.9. The van der Waals surface area contributed by atoms with Crippen LogP contribution in [0.5, 0.6) is 5.75 Å². The fourth-order valence-corrected chi connectivity index (χ4v) is 10.2. The first-order valence-corrected chi connectivity index (χ1v) is 23.1. The second-order valence-electron chi connectivity index (χ2n) is 18.2. The summed E-state index contributed by atoms with van der Waals surface area (Å²) in [7, 11) is 1.70. The van der Waals surface area contributed by atoms with Crippen molar-refractivity contribution in [2.75, 3.05) is 57.8 Å². The average molecular weight is 927 g/mol. The largest absolute Gasteiger partial charge is 0.492 e. The number of rotatable bonds is 13. The summed E-state index contributed by atoms with van der Waals surface area (Å²) in [4.78, 5) is 77.2. The Morgan fingerprint density at radius 1 is 0.985 bits per heavy atom. The number of aromatic nitrogens is 3. The van der Waals surface area contributed by atoms with Gasteiger partial charge in [0.05, 0.1) is 41.2 Å². The number of hydrogen-bond donors (Lipinski definition) is 2. The highest BCUT2D eigenvalue weighted by atomic mass is 19.1. The first kappa shape index (κ1) is 45.9. The molecule has 7 heterocycles. The first-order chi connectivity index (χ1) is 32.8. The van der Waals surface area contributed by atoms with E-state index in [1.165, 1.54) is 6.20 Å². The van der Waals surface area contributed by atoms with Gasteiger partial charge in [0.2, 0.25) is 17.7 Å². The predicted molar refractivity (Wildman–Crippen MR) is 245 cm³/mol. The van der Waals surface area contributed by atoms with Crippen LogP contribution < -0.4 is 20.3 Å². The van der Waals surface area contributed by atoms with Crippen LogP contribution in [-0.4, -0.2) is 123 Å². The van der Waals surface area contributed by atoms with Gasteiger partial charge in [0.1, 0.15) is 35.3 Å². The molecule has 3 fully saturated rings. The minimum atomic E-state index is -0.963. The van der Waals surface area contributed by atoms with Crippen molar-refractivity contribution in [2.45, 2.75) is 75.9 Å². The van der Waals surface area contributed by atoms with E-state index in [0.29, 0.717) is 80.3 Å². The molecule has 16 nitrogen and oxygen atoms in total. The van der Waals surface area contributed by atoms with Crippen molar-refractivity contribution >= 4 is 40.9 Å². The quantitative estimate of drug-likeness (QED) is 0.148. The predicted octanol–water partition coefficient (Wildman–Crippen LogP) is 5.20. The number of hydrogen-bond acceptors (Lipinski definition) is 11. The summed E-state index contributed by atoms with van der Waals surface area (Å²) in [5.74, 6) is -1.86. The van der Waals surface area contributed by atoms with Crippen LogP contribution in [0.1, 0.15) is 95.2 Å². The van der Waals surface area contributed by atoms with Crippen molar-refractivity contribution in [1.29, 1.82) is 5.26 Å². The van der Waals surface area contributed by atoms with Crippen molar-refractivity contribution in [3.8, 4) is 22.9 Å². The SMILES string of the molecule is CCOc1cc(-c2ccc(N3CCC(CN(C)C(=O)CCN4CCC(c5ccc6c(c5)CN(C5CCC(=O)NC5=O)C6=O)CC4)(NC(=O)c4cc(F)ccc4F)CC3)nc2)c2c(C#N)cnn2c1. The van der Waals surface area contributed by atoms with E-state index >= 15 is 0 Å². The van der Waals surface area contributed by atoms with Crippen LogP contribution >= 0.6 is 0 Å². The van der Waals surface area contributed by atoms with Gasteiger partial charge < -0.3 is 29.7 Å². The minimum absolute atomic E-state index is 0.110. The van der Waals surface area contributed by atoms with Gasteiger partial charge in [-0.2, -0.15) is 10.4 Å². The first-order valence-electron chi connectivity index (χ1n) is 23.1. The van der Waals surface area contributed by atoms with Crippen molar-refractivity contribution in [3.05, 3.63) is 113 Å². The Labute approximate surface area is 391 Å². The molecule has 0 spiro atoms. The zero-order chi connectivity index (χ0) is 47.7. The van der Waals surface area contributed by atoms with Crippen LogP contribution in [-0.2, 0) is 20.9 Å². The highest BCUT2D eigenvalue weighted by Gasteiger charge is 2.41. The molecule has 9 rings (SSSR count). The number of piperidine rings is 3. The lowest BCUT2D eigenvalue weighted by Gasteiger charge is -2.44. The zero-order valence-corrected chi connectivity index (χ0v) is 38.0. The summed E-state index contributed by atoms with van der Waals surface area (Å²) in [5.41, 5.74) is 3.78. The molecule has 352 valence electrons. The Balaban J connectivity index is 0.824. The smallest absolute Gasteiger partial charge is 0.255 e. The van der Waals surface area contributed by atoms with Crippen LogP contribution in [0.4, 0.5) is 14.6 Å². The van der Waals surface area contributed by atoms with E-state index in [1.54, 1.807) is 33.8 Å². The van der Waals surface area contributed by atoms with Crippen LogP contribution in [0.25, 0.3) is 16.6 Å². The highest BCUT2D eigenvalue weighted by molar-refractivity contribution is 6.05. The fourth-order valence-electron chi connectivity index (χ4n) is 10.2. The van der Waals surface area contributed by atoms with Gasteiger partial charge in [0.25, 0.3) is 11.8 Å². The summed E-state index contributed by atoms with van der Waals surface area (Å²) < 4.78 is 36.5. The van der Waals surface area contributed by atoms with Gasteiger partial charge in [-0.05, 0) is 112 Å². The molecular formula is C50H52F2N10O6. The topological polar surface area (TPSA) is 186 Å². The lowest BCUT2D eigenvalue weighted by Crippen LogP contribution is -2.61. The van der Waals surface area contributed by atoms with Gasteiger partial charge in [-0.15, -0.1) is 0 Å². The molecule has 0 radical (unpaired) electrons. The Kier molecular flexibility index (Phi) is 12.9. The molecule has 0 aliphatic carbocycles. The molecule has 1 unspecified atom stereocenters. The molecule has 5 aromatic rings. The molecule has 3 aromatic heterocycles. The van der Waals surface area contributed by atoms with Crippen LogP contribution in [0.3, 0.4) is 0 Å². The second-order valence-corrected chi connectivity index (χ2v) is 18.2. The Morgan fingerprint density at radius 3 is 2.50 bits per heavy atom. The summed E-state index contributed by atoms with van der Waals surface area (Å²) in [6, 6.07) is 15.9. The van der Waals surface area contributed by atoms with Crippen molar-refractivity contribution in [3.63, 3.8) is 0 Å². The third-order valence-corrected chi connectivity index (χ3v) is 13.9. The Hall–Kier alpha value is -7.26. The van der Waals surface area contributed by atoms with Crippen molar-refractivity contribution in [1.82, 2.24) is 39.9 Å². The molecule has 68 heavy (non-hydrogen) atoms. The van der Waals surface area contributed by atoms with E-state index in [-0.39, 0.29) is 43.0 Å². The van der Waals surface area contributed by atoms with E-state index in [4.69, 9.17) is 9.72 Å². The van der Waals surface area contributed by atoms with Gasteiger partial charge in [0, 0.05) is 75.5 Å². The lowest BCUT2D eigenvalue weighted by atomic mass is 9.86. The number of likely N-dealkylation sites (N-methyl/N-ethyl adjacent to an activating group) is 1. The molecule has 3 saturated heterocycles. The maximum atomic E-state index is 14.9. The van der Waals surface area contributed by atoms with Gasteiger partial charge in [-0.1, -0.05) is 12.1 Å². The number of carbonyl (C=O) groups excluding carboxylic acids is 5. The number of halogens is 2. The number of ether oxygens (including phenoxy) is 1. The third kappa shape index (κ3) is 9.35. The van der Waals surface area contributed by atoms with Crippen LogP contribution in [0, 0.1) is 23.0 Å². The molecule has 2 aromatic carbocycles. The molecule has 4 aliphatic rings. The summed E-state index contributed by atoms with van der Waals surface area (Å²) in [6.07, 6.45) is 8.24. The number of nitrogens with zero attached hydrogens (tertiary/aromatic N) is 8. The number of nitriles is 1. The standard InChI is InChI=1S/C50H52F2N10O6/c1-3-68-37-24-39(46-35(25-53)27-55-62(46)29-37)33-5-10-43(54-26-33)60-20-15-50(16-21-60,57-47(65)40-23-36(51)6-8-41(40)52)30-58(2)45(64)14-19-59-17-12-31(13-18-59)32-4-7-38-34(22-32)28-61(49(38)67)42-9-11-44(63)56-48(42)66/h4-8,10,22-24,26-27,29,31,42H,3,9,11-21,28,30H2,1-2H3,(H,57,65)(H,56,63,66). The lowest BCUT2D eigenvalue weighted by molar-refractivity contribution is -0.137. The molecule has 2 N–H and O–H groups in total. The van der Waals surface area contributed by atoms with E-state index < -0.39 is 40.6 Å². The van der Waals surface area contributed by atoms with Crippen LogP contribution in [0.15, 0.2) is 73.2 Å².